The molecule has 2 N–H and O–H groups in total. The second-order valence-electron chi connectivity index (χ2n) is 5.12. The van der Waals surface area contributed by atoms with E-state index in [9.17, 15) is 19.1 Å². The van der Waals surface area contributed by atoms with Crippen molar-refractivity contribution < 1.29 is 23.8 Å². The number of alkyl carbamates (subject to hydrolysis) is 1. The SMILES string of the molecule is O=C(NC(CSCc1cncc(F)c1)C(=O)O)OCc1ccccc1. The normalized spacial score (nSPS) is 11.6. The predicted octanol–water partition coefficient (Wildman–Crippen LogP) is 2.83. The van der Waals surface area contributed by atoms with Gasteiger partial charge in [-0.3, -0.25) is 4.98 Å². The third kappa shape index (κ3) is 6.80. The molecular formula is C17H17FN2O4S. The number of hydrogen-bond acceptors (Lipinski definition) is 5. The van der Waals surface area contributed by atoms with Crippen LogP contribution in [0.4, 0.5) is 9.18 Å². The van der Waals surface area contributed by atoms with Crippen LogP contribution in [-0.2, 0) is 21.9 Å². The summed E-state index contributed by atoms with van der Waals surface area (Å²) in [7, 11) is 0. The van der Waals surface area contributed by atoms with Crippen LogP contribution in [0.5, 0.6) is 0 Å². The Morgan fingerprint density at radius 3 is 2.68 bits per heavy atom. The van der Waals surface area contributed by atoms with Crippen LogP contribution in [0.25, 0.3) is 0 Å². The lowest BCUT2D eigenvalue weighted by atomic mass is 10.2. The molecule has 1 aromatic carbocycles. The van der Waals surface area contributed by atoms with Gasteiger partial charge in [-0.25, -0.2) is 14.0 Å². The molecule has 0 spiro atoms. The maximum Gasteiger partial charge on any atom is 0.408 e. The van der Waals surface area contributed by atoms with Gasteiger partial charge in [0.2, 0.25) is 0 Å². The van der Waals surface area contributed by atoms with Gasteiger partial charge in [0.15, 0.2) is 0 Å². The number of thioether (sulfide) groups is 1. The zero-order valence-corrected chi connectivity index (χ0v) is 14.0. The van der Waals surface area contributed by atoms with E-state index in [0.29, 0.717) is 11.3 Å². The first-order valence-corrected chi connectivity index (χ1v) is 8.57. The summed E-state index contributed by atoms with van der Waals surface area (Å²) < 4.78 is 18.0. The Labute approximate surface area is 148 Å². The Hall–Kier alpha value is -2.61. The minimum Gasteiger partial charge on any atom is -0.480 e. The Morgan fingerprint density at radius 2 is 2.00 bits per heavy atom. The minimum absolute atomic E-state index is 0.0567. The zero-order chi connectivity index (χ0) is 18.1. The van der Waals surface area contributed by atoms with Gasteiger partial charge in [0.25, 0.3) is 0 Å². The summed E-state index contributed by atoms with van der Waals surface area (Å²) in [6.45, 7) is 0.0567. The number of carboxylic acid groups (broad SMARTS) is 1. The summed E-state index contributed by atoms with van der Waals surface area (Å²) in [5, 5.41) is 11.5. The molecule has 132 valence electrons. The Bertz CT molecular complexity index is 715. The number of carbonyl (C=O) groups is 2. The first-order valence-electron chi connectivity index (χ1n) is 7.42. The molecule has 1 aromatic heterocycles. The minimum atomic E-state index is -1.17. The fourth-order valence-corrected chi connectivity index (χ4v) is 2.88. The number of hydrogen-bond donors (Lipinski definition) is 2. The highest BCUT2D eigenvalue weighted by molar-refractivity contribution is 7.98. The maximum absolute atomic E-state index is 13.0. The van der Waals surface area contributed by atoms with Crippen LogP contribution in [0.1, 0.15) is 11.1 Å². The molecule has 0 aliphatic carbocycles. The number of amides is 1. The molecule has 0 bridgehead atoms. The number of nitrogens with one attached hydrogen (secondary N) is 1. The fourth-order valence-electron chi connectivity index (χ4n) is 1.91. The smallest absolute Gasteiger partial charge is 0.408 e. The zero-order valence-electron chi connectivity index (χ0n) is 13.2. The Morgan fingerprint density at radius 1 is 1.24 bits per heavy atom. The van der Waals surface area contributed by atoms with Crippen molar-refractivity contribution >= 4 is 23.8 Å². The second kappa shape index (κ2) is 9.63. The lowest BCUT2D eigenvalue weighted by molar-refractivity contribution is -0.138. The fraction of sp³-hybridized carbons (Fsp3) is 0.235. The maximum atomic E-state index is 13.0. The first-order chi connectivity index (χ1) is 12.0. The summed E-state index contributed by atoms with van der Waals surface area (Å²) in [5.41, 5.74) is 1.44. The van der Waals surface area contributed by atoms with E-state index < -0.39 is 23.9 Å². The highest BCUT2D eigenvalue weighted by Crippen LogP contribution is 2.13. The molecule has 6 nitrogen and oxygen atoms in total. The van der Waals surface area contributed by atoms with Crippen LogP contribution < -0.4 is 5.32 Å². The Balaban J connectivity index is 1.77. The molecule has 2 aromatic rings. The highest BCUT2D eigenvalue weighted by atomic mass is 32.2. The number of rotatable bonds is 8. The number of pyridine rings is 1. The van der Waals surface area contributed by atoms with Crippen LogP contribution in [-0.4, -0.2) is 33.9 Å². The second-order valence-corrected chi connectivity index (χ2v) is 6.15. The number of halogens is 1. The van der Waals surface area contributed by atoms with Gasteiger partial charge in [-0.1, -0.05) is 30.3 Å². The molecule has 8 heteroatoms. The van der Waals surface area contributed by atoms with Crippen molar-refractivity contribution in [1.82, 2.24) is 10.3 Å². The van der Waals surface area contributed by atoms with E-state index in [1.165, 1.54) is 24.0 Å². The predicted molar refractivity (Wildman–Crippen MR) is 91.5 cm³/mol. The van der Waals surface area contributed by atoms with Gasteiger partial charge in [-0.2, -0.15) is 11.8 Å². The number of carbonyl (C=O) groups excluding carboxylic acids is 1. The van der Waals surface area contributed by atoms with E-state index in [2.05, 4.69) is 10.3 Å². The number of aliphatic carboxylic acids is 1. The van der Waals surface area contributed by atoms with Crippen LogP contribution in [0.15, 0.2) is 48.8 Å². The molecule has 0 aliphatic heterocycles. The molecule has 0 saturated carbocycles. The summed E-state index contributed by atoms with van der Waals surface area (Å²) in [4.78, 5) is 26.7. The number of ether oxygens (including phenoxy) is 1. The topological polar surface area (TPSA) is 88.5 Å². The monoisotopic (exact) mass is 364 g/mol. The first kappa shape index (κ1) is 18.7. The molecule has 1 amide bonds. The van der Waals surface area contributed by atoms with E-state index in [0.717, 1.165) is 11.8 Å². The molecule has 25 heavy (non-hydrogen) atoms. The Kier molecular flexibility index (Phi) is 7.21. The van der Waals surface area contributed by atoms with Crippen molar-refractivity contribution in [3.63, 3.8) is 0 Å². The highest BCUT2D eigenvalue weighted by Gasteiger charge is 2.20. The van der Waals surface area contributed by atoms with Crippen molar-refractivity contribution in [3.05, 3.63) is 65.7 Å². The van der Waals surface area contributed by atoms with E-state index in [1.54, 1.807) is 12.1 Å². The van der Waals surface area contributed by atoms with Gasteiger partial charge < -0.3 is 15.2 Å². The van der Waals surface area contributed by atoms with Crippen LogP contribution >= 0.6 is 11.8 Å². The van der Waals surface area contributed by atoms with Gasteiger partial charge in [-0.05, 0) is 17.2 Å². The van der Waals surface area contributed by atoms with Gasteiger partial charge in [0.05, 0.1) is 6.20 Å². The van der Waals surface area contributed by atoms with Gasteiger partial charge >= 0.3 is 12.1 Å². The summed E-state index contributed by atoms with van der Waals surface area (Å²) in [5.74, 6) is -1.11. The number of nitrogens with zero attached hydrogens (tertiary/aromatic N) is 1. The number of benzene rings is 1. The molecular weight excluding hydrogens is 347 g/mol. The number of carboxylic acids is 1. The van der Waals surface area contributed by atoms with Gasteiger partial charge in [0, 0.05) is 17.7 Å². The summed E-state index contributed by atoms with van der Waals surface area (Å²) >= 11 is 1.25. The largest absolute Gasteiger partial charge is 0.480 e. The van der Waals surface area contributed by atoms with Crippen LogP contribution in [0.2, 0.25) is 0 Å². The van der Waals surface area contributed by atoms with Crippen molar-refractivity contribution in [1.29, 1.82) is 0 Å². The lowest BCUT2D eigenvalue weighted by Crippen LogP contribution is -2.42. The standard InChI is InChI=1S/C17H17FN2O4S/c18-14-6-13(7-19-8-14)10-25-11-15(16(21)22)20-17(23)24-9-12-4-2-1-3-5-12/h1-8,15H,9-11H2,(H,20,23)(H,21,22). The van der Waals surface area contributed by atoms with E-state index in [-0.39, 0.29) is 12.4 Å². The van der Waals surface area contributed by atoms with Crippen LogP contribution in [0.3, 0.4) is 0 Å². The van der Waals surface area contributed by atoms with Crippen molar-refractivity contribution in [2.24, 2.45) is 0 Å². The molecule has 1 atom stereocenters. The summed E-state index contributed by atoms with van der Waals surface area (Å²) in [6.07, 6.45) is 1.80. The molecule has 0 radical (unpaired) electrons. The average Bonchev–Trinajstić information content (AvgIpc) is 2.60. The van der Waals surface area contributed by atoms with E-state index >= 15 is 0 Å². The van der Waals surface area contributed by atoms with Crippen molar-refractivity contribution in [2.75, 3.05) is 5.75 Å². The van der Waals surface area contributed by atoms with Gasteiger partial charge in [0.1, 0.15) is 18.5 Å². The average molecular weight is 364 g/mol. The van der Waals surface area contributed by atoms with E-state index in [4.69, 9.17) is 4.74 Å². The van der Waals surface area contributed by atoms with E-state index in [1.807, 2.05) is 18.2 Å². The van der Waals surface area contributed by atoms with Crippen LogP contribution in [0, 0.1) is 5.82 Å². The van der Waals surface area contributed by atoms with Gasteiger partial charge in [-0.15, -0.1) is 0 Å². The number of aromatic nitrogens is 1. The molecule has 0 aliphatic rings. The third-order valence-electron chi connectivity index (χ3n) is 3.12. The molecule has 1 unspecified atom stereocenters. The molecule has 1 heterocycles. The molecule has 2 rings (SSSR count). The third-order valence-corrected chi connectivity index (χ3v) is 4.22. The quantitative estimate of drug-likeness (QED) is 0.749. The lowest BCUT2D eigenvalue weighted by Gasteiger charge is -2.14. The van der Waals surface area contributed by atoms with Crippen molar-refractivity contribution in [2.45, 2.75) is 18.4 Å². The van der Waals surface area contributed by atoms with Crippen molar-refractivity contribution in [3.8, 4) is 0 Å². The molecule has 0 saturated heterocycles. The molecule has 0 fully saturated rings. The summed E-state index contributed by atoms with van der Waals surface area (Å²) in [6, 6.07) is 9.29.